The summed E-state index contributed by atoms with van der Waals surface area (Å²) in [5, 5.41) is 15.4. The molecular weight excluding hydrogens is 454 g/mol. The third kappa shape index (κ3) is 5.53. The van der Waals surface area contributed by atoms with E-state index < -0.39 is 0 Å². The normalized spacial score (nSPS) is 13.8. The first-order chi connectivity index (χ1) is 16.4. The minimum atomic E-state index is -0.127. The second kappa shape index (κ2) is 10.4. The molecule has 4 rings (SSSR count). The molecule has 34 heavy (non-hydrogen) atoms. The van der Waals surface area contributed by atoms with Gasteiger partial charge in [0.25, 0.3) is 0 Å². The van der Waals surface area contributed by atoms with Gasteiger partial charge in [-0.3, -0.25) is 4.79 Å². The lowest BCUT2D eigenvalue weighted by molar-refractivity contribution is -0.114. The maximum Gasteiger partial charge on any atom is 0.232 e. The maximum absolute atomic E-state index is 11.4. The molecule has 3 aromatic rings. The summed E-state index contributed by atoms with van der Waals surface area (Å²) >= 11 is 6.11. The number of halogens is 1. The molecular formula is C24H24ClN7O2. The minimum absolute atomic E-state index is 0.0406. The van der Waals surface area contributed by atoms with Crippen molar-refractivity contribution in [2.24, 2.45) is 0 Å². The van der Waals surface area contributed by atoms with Crippen molar-refractivity contribution in [1.29, 1.82) is 5.26 Å². The molecule has 0 aliphatic carbocycles. The van der Waals surface area contributed by atoms with Gasteiger partial charge < -0.3 is 20.3 Å². The molecule has 0 unspecified atom stereocenters. The summed E-state index contributed by atoms with van der Waals surface area (Å²) in [6.45, 7) is 4.86. The SMILES string of the molecule is CC(=O)Nc1cccc(Nc2ncnc(N3CCC(Oc4ccc(C#N)c(Cl)c4)CC3)n2)c1C. The predicted octanol–water partition coefficient (Wildman–Crippen LogP) is 4.45. The Morgan fingerprint density at radius 2 is 1.97 bits per heavy atom. The smallest absolute Gasteiger partial charge is 0.232 e. The number of piperidine rings is 1. The maximum atomic E-state index is 11.4. The lowest BCUT2D eigenvalue weighted by Crippen LogP contribution is -2.39. The fraction of sp³-hybridized carbons (Fsp3) is 0.292. The summed E-state index contributed by atoms with van der Waals surface area (Å²) in [4.78, 5) is 26.7. The molecule has 174 valence electrons. The number of carbonyl (C=O) groups excluding carboxylic acids is 1. The Morgan fingerprint density at radius 3 is 2.68 bits per heavy atom. The lowest BCUT2D eigenvalue weighted by Gasteiger charge is -2.32. The van der Waals surface area contributed by atoms with Gasteiger partial charge in [0.1, 0.15) is 24.3 Å². The van der Waals surface area contributed by atoms with Crippen molar-refractivity contribution in [3.63, 3.8) is 0 Å². The first kappa shape index (κ1) is 23.3. The largest absolute Gasteiger partial charge is 0.490 e. The molecule has 0 spiro atoms. The molecule has 0 bridgehead atoms. The van der Waals surface area contributed by atoms with E-state index in [1.807, 2.05) is 31.2 Å². The number of nitriles is 1. The van der Waals surface area contributed by atoms with Crippen molar-refractivity contribution in [3.8, 4) is 11.8 Å². The van der Waals surface area contributed by atoms with Crippen LogP contribution in [-0.2, 0) is 4.79 Å². The van der Waals surface area contributed by atoms with Gasteiger partial charge in [-0.15, -0.1) is 0 Å². The lowest BCUT2D eigenvalue weighted by atomic mass is 10.1. The highest BCUT2D eigenvalue weighted by Crippen LogP contribution is 2.27. The summed E-state index contributed by atoms with van der Waals surface area (Å²) in [6.07, 6.45) is 3.12. The molecule has 9 nitrogen and oxygen atoms in total. The van der Waals surface area contributed by atoms with E-state index in [1.54, 1.807) is 18.2 Å². The van der Waals surface area contributed by atoms with Crippen LogP contribution in [0.25, 0.3) is 0 Å². The minimum Gasteiger partial charge on any atom is -0.490 e. The predicted molar refractivity (Wildman–Crippen MR) is 131 cm³/mol. The van der Waals surface area contributed by atoms with Crippen LogP contribution in [0.2, 0.25) is 5.02 Å². The van der Waals surface area contributed by atoms with Gasteiger partial charge in [-0.2, -0.15) is 10.2 Å². The molecule has 2 heterocycles. The standard InChI is InChI=1S/C24H24ClN7O2/c1-15-21(29-16(2)33)4-3-5-22(15)30-23-27-14-28-24(31-23)32-10-8-18(9-11-32)34-19-7-6-17(13-26)20(25)12-19/h3-7,12,14,18H,8-11H2,1-2H3,(H,29,33)(H,27,28,30,31). The topological polar surface area (TPSA) is 116 Å². The number of nitrogens with one attached hydrogen (secondary N) is 2. The summed E-state index contributed by atoms with van der Waals surface area (Å²) in [5.74, 6) is 1.55. The van der Waals surface area contributed by atoms with Crippen molar-refractivity contribution in [2.75, 3.05) is 28.6 Å². The zero-order valence-corrected chi connectivity index (χ0v) is 19.6. The zero-order valence-electron chi connectivity index (χ0n) is 18.9. The highest BCUT2D eigenvalue weighted by atomic mass is 35.5. The van der Waals surface area contributed by atoms with E-state index >= 15 is 0 Å². The van der Waals surface area contributed by atoms with Crippen LogP contribution in [0.4, 0.5) is 23.3 Å². The number of amides is 1. The van der Waals surface area contributed by atoms with Crippen LogP contribution in [0.1, 0.15) is 30.9 Å². The monoisotopic (exact) mass is 477 g/mol. The van der Waals surface area contributed by atoms with Gasteiger partial charge >= 0.3 is 0 Å². The zero-order chi connectivity index (χ0) is 24.1. The average Bonchev–Trinajstić information content (AvgIpc) is 2.82. The van der Waals surface area contributed by atoms with Crippen LogP contribution in [0, 0.1) is 18.3 Å². The number of benzene rings is 2. The van der Waals surface area contributed by atoms with Gasteiger partial charge in [0.15, 0.2) is 0 Å². The number of anilines is 4. The highest BCUT2D eigenvalue weighted by Gasteiger charge is 2.23. The molecule has 1 aromatic heterocycles. The van der Waals surface area contributed by atoms with Crippen molar-refractivity contribution < 1.29 is 9.53 Å². The van der Waals surface area contributed by atoms with Crippen molar-refractivity contribution in [1.82, 2.24) is 15.0 Å². The van der Waals surface area contributed by atoms with E-state index in [4.69, 9.17) is 21.6 Å². The third-order valence-electron chi connectivity index (χ3n) is 5.54. The molecule has 0 saturated carbocycles. The second-order valence-corrected chi connectivity index (χ2v) is 8.36. The number of ether oxygens (including phenoxy) is 1. The molecule has 1 aliphatic rings. The summed E-state index contributed by atoms with van der Waals surface area (Å²) in [6, 6.07) is 12.8. The van der Waals surface area contributed by atoms with Crippen LogP contribution >= 0.6 is 11.6 Å². The Morgan fingerprint density at radius 1 is 1.21 bits per heavy atom. The summed E-state index contributed by atoms with van der Waals surface area (Å²) < 4.78 is 6.06. The molecule has 2 N–H and O–H groups in total. The Labute approximate surface area is 202 Å². The van der Waals surface area contributed by atoms with Gasteiger partial charge in [-0.1, -0.05) is 17.7 Å². The molecule has 10 heteroatoms. The molecule has 0 radical (unpaired) electrons. The number of rotatable bonds is 6. The van der Waals surface area contributed by atoms with Crippen LogP contribution < -0.4 is 20.3 Å². The summed E-state index contributed by atoms with van der Waals surface area (Å²) in [7, 11) is 0. The number of aromatic nitrogens is 3. The quantitative estimate of drug-likeness (QED) is 0.534. The van der Waals surface area contributed by atoms with E-state index in [1.165, 1.54) is 13.3 Å². The number of hydrogen-bond acceptors (Lipinski definition) is 8. The first-order valence-electron chi connectivity index (χ1n) is 10.9. The van der Waals surface area contributed by atoms with E-state index in [9.17, 15) is 4.79 Å². The number of carbonyl (C=O) groups is 1. The van der Waals surface area contributed by atoms with Crippen LogP contribution in [0.3, 0.4) is 0 Å². The molecule has 1 amide bonds. The van der Waals surface area contributed by atoms with Crippen molar-refractivity contribution in [3.05, 3.63) is 58.9 Å². The Bertz CT molecular complexity index is 1240. The van der Waals surface area contributed by atoms with E-state index in [0.717, 1.165) is 42.9 Å². The van der Waals surface area contributed by atoms with Gasteiger partial charge in [0.2, 0.25) is 17.8 Å². The van der Waals surface area contributed by atoms with Crippen molar-refractivity contribution >= 4 is 40.8 Å². The van der Waals surface area contributed by atoms with Gasteiger partial charge in [-0.05, 0) is 36.8 Å². The molecule has 1 saturated heterocycles. The summed E-state index contributed by atoms with van der Waals surface area (Å²) in [5.41, 5.74) is 2.86. The Balaban J connectivity index is 1.38. The van der Waals surface area contributed by atoms with E-state index in [0.29, 0.717) is 28.2 Å². The molecule has 1 aliphatic heterocycles. The second-order valence-electron chi connectivity index (χ2n) is 7.95. The van der Waals surface area contributed by atoms with Gasteiger partial charge in [-0.25, -0.2) is 9.97 Å². The van der Waals surface area contributed by atoms with Crippen molar-refractivity contribution in [2.45, 2.75) is 32.8 Å². The molecule has 0 atom stereocenters. The van der Waals surface area contributed by atoms with Crippen LogP contribution in [0.5, 0.6) is 5.75 Å². The fourth-order valence-electron chi connectivity index (χ4n) is 3.74. The third-order valence-corrected chi connectivity index (χ3v) is 5.85. The van der Waals surface area contributed by atoms with E-state index in [2.05, 4.69) is 30.5 Å². The van der Waals surface area contributed by atoms with Gasteiger partial charge in [0, 0.05) is 50.3 Å². The fourth-order valence-corrected chi connectivity index (χ4v) is 3.96. The van der Waals surface area contributed by atoms with Crippen LogP contribution in [-0.4, -0.2) is 40.1 Å². The van der Waals surface area contributed by atoms with Gasteiger partial charge in [0.05, 0.1) is 10.6 Å². The molecule has 2 aromatic carbocycles. The first-order valence-corrected chi connectivity index (χ1v) is 11.2. The Hall–Kier alpha value is -3.90. The van der Waals surface area contributed by atoms with E-state index in [-0.39, 0.29) is 12.0 Å². The van der Waals surface area contributed by atoms with Crippen LogP contribution in [0.15, 0.2) is 42.7 Å². The average molecular weight is 478 g/mol. The number of hydrogen-bond donors (Lipinski definition) is 2. The highest BCUT2D eigenvalue weighted by molar-refractivity contribution is 6.31. The number of nitrogens with zero attached hydrogens (tertiary/aromatic N) is 5. The Kier molecular flexibility index (Phi) is 7.09. The molecule has 1 fully saturated rings.